The molecule has 5 rings (SSSR count). The van der Waals surface area contributed by atoms with Crippen molar-refractivity contribution in [2.75, 3.05) is 7.11 Å². The minimum absolute atomic E-state index is 0. The molecule has 1 saturated heterocycles. The summed E-state index contributed by atoms with van der Waals surface area (Å²) < 4.78 is 17.1. The third-order valence-corrected chi connectivity index (χ3v) is 8.19. The van der Waals surface area contributed by atoms with Crippen molar-refractivity contribution < 1.29 is 81.7 Å². The minimum Gasteiger partial charge on any atom is -0.539 e. The molecule has 0 aromatic carbocycles. The third kappa shape index (κ3) is 4.55. The SMILES string of the molecule is COC1=CC=CC2C(=O)C3=C(O)C4CC(O)([C-]=O)CC(OC5CC(N)C(O)C(C)O5)C4C(O)=C3C(=O)C12.[Y]. The van der Waals surface area contributed by atoms with Crippen molar-refractivity contribution in [3.63, 3.8) is 0 Å². The van der Waals surface area contributed by atoms with Crippen LogP contribution in [0.25, 0.3) is 0 Å². The number of carbonyl (C=O) groups excluding carboxylic acids is 3. The van der Waals surface area contributed by atoms with Gasteiger partial charge >= 0.3 is 0 Å². The molecule has 0 aromatic heterocycles. The predicted molar refractivity (Wildman–Crippen MR) is 125 cm³/mol. The molecule has 11 nitrogen and oxygen atoms in total. The summed E-state index contributed by atoms with van der Waals surface area (Å²) in [6, 6.07) is -0.670. The Balaban J connectivity index is 0.00000336. The number of aliphatic hydroxyl groups is 4. The van der Waals surface area contributed by atoms with E-state index in [1.54, 1.807) is 25.4 Å². The van der Waals surface area contributed by atoms with Gasteiger partial charge in [-0.15, -0.1) is 0 Å². The smallest absolute Gasteiger partial charge is 0.178 e. The second-order valence-electron chi connectivity index (χ2n) is 10.4. The molecular weight excluding hydrogens is 575 g/mol. The molecule has 6 N–H and O–H groups in total. The van der Waals surface area contributed by atoms with Gasteiger partial charge in [0.05, 0.1) is 54.3 Å². The second kappa shape index (κ2) is 10.7. The van der Waals surface area contributed by atoms with Crippen LogP contribution in [0.5, 0.6) is 0 Å². The van der Waals surface area contributed by atoms with E-state index >= 15 is 0 Å². The topological polar surface area (TPSA) is 186 Å². The average molecular weight is 605 g/mol. The number of ketones is 2. The first-order valence-corrected chi connectivity index (χ1v) is 12.2. The van der Waals surface area contributed by atoms with E-state index in [9.17, 15) is 34.8 Å². The number of allylic oxidation sites excluding steroid dienone is 7. The normalized spacial score (nSPS) is 42.4. The van der Waals surface area contributed by atoms with E-state index in [-0.39, 0.29) is 68.9 Å². The van der Waals surface area contributed by atoms with E-state index < -0.39 is 83.0 Å². The standard InChI is InChI=1S/C26H30NO10.Y/c1-10-21(29)13(27)6-16(36-10)37-15-8-26(34,9-28)7-12-18(15)25(33)20-19(23(12)31)22(30)11-4-3-5-14(35-2)17(11)24(20)32;/h3-5,10-13,15-18,21,29,31,33-34H,6-8,27H2,1-2H3;/q-1;. The Morgan fingerprint density at radius 1 is 1.16 bits per heavy atom. The van der Waals surface area contributed by atoms with E-state index in [1.807, 2.05) is 0 Å². The molecule has 0 amide bonds. The monoisotopic (exact) mass is 605 g/mol. The first-order valence-electron chi connectivity index (χ1n) is 12.2. The number of carbonyl (C=O) groups is 2. The third-order valence-electron chi connectivity index (χ3n) is 8.19. The molecule has 203 valence electrons. The van der Waals surface area contributed by atoms with Gasteiger partial charge in [-0.1, -0.05) is 12.2 Å². The molecule has 5 aliphatic rings. The molecule has 1 heterocycles. The van der Waals surface area contributed by atoms with E-state index in [1.165, 1.54) is 13.2 Å². The van der Waals surface area contributed by atoms with Crippen LogP contribution < -0.4 is 5.73 Å². The zero-order valence-corrected chi connectivity index (χ0v) is 23.8. The van der Waals surface area contributed by atoms with Gasteiger partial charge in [0.2, 0.25) is 0 Å². The summed E-state index contributed by atoms with van der Waals surface area (Å²) in [4.78, 5) is 38.9. The molecule has 38 heavy (non-hydrogen) atoms. The van der Waals surface area contributed by atoms with Crippen molar-refractivity contribution in [3.8, 4) is 0 Å². The fraction of sp³-hybridized carbons (Fsp3) is 0.577. The summed E-state index contributed by atoms with van der Waals surface area (Å²) in [5.41, 5.74) is 3.30. The maximum absolute atomic E-state index is 13.6. The van der Waals surface area contributed by atoms with Crippen LogP contribution in [0.2, 0.25) is 0 Å². The van der Waals surface area contributed by atoms with Gasteiger partial charge in [-0.2, -0.15) is 0 Å². The summed E-state index contributed by atoms with van der Waals surface area (Å²) in [5, 5.41) is 43.8. The van der Waals surface area contributed by atoms with Gasteiger partial charge in [-0.25, -0.2) is 6.29 Å². The van der Waals surface area contributed by atoms with Crippen LogP contribution in [0.4, 0.5) is 0 Å². The number of ether oxygens (including phenoxy) is 3. The van der Waals surface area contributed by atoms with Crippen molar-refractivity contribution in [2.24, 2.45) is 29.4 Å². The molecule has 3 fully saturated rings. The molecule has 10 unspecified atom stereocenters. The maximum atomic E-state index is 13.6. The van der Waals surface area contributed by atoms with Gasteiger partial charge in [0, 0.05) is 51.1 Å². The number of hydrogen-bond acceptors (Lipinski definition) is 11. The van der Waals surface area contributed by atoms with Gasteiger partial charge in [-0.3, -0.25) is 9.59 Å². The van der Waals surface area contributed by atoms with Crippen LogP contribution in [-0.2, 0) is 61.3 Å². The quantitative estimate of drug-likeness (QED) is 0.275. The molecule has 0 spiro atoms. The largest absolute Gasteiger partial charge is 0.539 e. The molecule has 0 bridgehead atoms. The molecule has 1 aliphatic heterocycles. The van der Waals surface area contributed by atoms with Crippen molar-refractivity contribution in [3.05, 3.63) is 46.7 Å². The number of fused-ring (bicyclic) bond motifs is 3. The number of aliphatic hydroxyl groups excluding tert-OH is 3. The van der Waals surface area contributed by atoms with E-state index in [0.29, 0.717) is 0 Å². The molecule has 1 radical (unpaired) electrons. The number of hydrogen-bond donors (Lipinski definition) is 5. The summed E-state index contributed by atoms with van der Waals surface area (Å²) in [6.45, 7) is 1.61. The van der Waals surface area contributed by atoms with E-state index in [4.69, 9.17) is 19.9 Å². The van der Waals surface area contributed by atoms with Crippen LogP contribution in [-0.4, -0.2) is 81.6 Å². The first-order chi connectivity index (χ1) is 17.5. The van der Waals surface area contributed by atoms with E-state index in [0.717, 1.165) is 0 Å². The van der Waals surface area contributed by atoms with Gasteiger partial charge < -0.3 is 45.2 Å². The number of nitrogens with two attached hydrogens (primary N) is 1. The Bertz CT molecular complexity index is 1150. The molecule has 0 aromatic rings. The van der Waals surface area contributed by atoms with Crippen LogP contribution in [0.3, 0.4) is 0 Å². The predicted octanol–water partition coefficient (Wildman–Crippen LogP) is 0.181. The van der Waals surface area contributed by atoms with Crippen molar-refractivity contribution in [2.45, 2.75) is 62.4 Å². The average Bonchev–Trinajstić information content (AvgIpc) is 2.87. The van der Waals surface area contributed by atoms with Gasteiger partial charge in [0.25, 0.3) is 0 Å². The van der Waals surface area contributed by atoms with Crippen molar-refractivity contribution in [1.29, 1.82) is 0 Å². The Hall–Kier alpha value is -1.73. The van der Waals surface area contributed by atoms with Gasteiger partial charge in [0.1, 0.15) is 17.3 Å². The Morgan fingerprint density at radius 3 is 2.47 bits per heavy atom. The summed E-state index contributed by atoms with van der Waals surface area (Å²) in [6.07, 6.45) is 2.03. The molecule has 2 saturated carbocycles. The van der Waals surface area contributed by atoms with Crippen LogP contribution in [0.15, 0.2) is 46.7 Å². The van der Waals surface area contributed by atoms with Crippen LogP contribution in [0.1, 0.15) is 26.2 Å². The fourth-order valence-corrected chi connectivity index (χ4v) is 6.33. The molecule has 12 heteroatoms. The summed E-state index contributed by atoms with van der Waals surface area (Å²) in [5.74, 6) is -5.99. The van der Waals surface area contributed by atoms with Crippen LogP contribution in [0, 0.1) is 23.7 Å². The number of methoxy groups -OCH3 is 1. The van der Waals surface area contributed by atoms with Gasteiger partial charge in [0.15, 0.2) is 17.9 Å². The first kappa shape index (κ1) is 29.3. The summed E-state index contributed by atoms with van der Waals surface area (Å²) in [7, 11) is 1.38. The summed E-state index contributed by atoms with van der Waals surface area (Å²) >= 11 is 0. The van der Waals surface area contributed by atoms with Crippen LogP contribution >= 0.6 is 0 Å². The zero-order valence-electron chi connectivity index (χ0n) is 20.9. The maximum Gasteiger partial charge on any atom is 0.178 e. The van der Waals surface area contributed by atoms with E-state index in [2.05, 4.69) is 0 Å². The fourth-order valence-electron chi connectivity index (χ4n) is 6.33. The molecular formula is C26H30NO10Y-. The molecule has 4 aliphatic carbocycles. The van der Waals surface area contributed by atoms with Crippen molar-refractivity contribution >= 4 is 17.9 Å². The minimum atomic E-state index is -2.05. The zero-order chi connectivity index (χ0) is 26.8. The second-order valence-corrected chi connectivity index (χ2v) is 10.4. The van der Waals surface area contributed by atoms with Gasteiger partial charge in [-0.05, 0) is 31.4 Å². The Morgan fingerprint density at radius 2 is 1.84 bits per heavy atom. The van der Waals surface area contributed by atoms with Crippen molar-refractivity contribution in [1.82, 2.24) is 0 Å². The Kier molecular flexibility index (Phi) is 8.23. The number of rotatable bonds is 4. The Labute approximate surface area is 244 Å². The molecule has 10 atom stereocenters. The number of Topliss-reactive ketones (excluding diaryl/α,β-unsaturated/α-hetero) is 2.